The van der Waals surface area contributed by atoms with Crippen LogP contribution in [0.15, 0.2) is 0 Å². The monoisotopic (exact) mass is 113 g/mol. The lowest BCUT2D eigenvalue weighted by molar-refractivity contribution is 0.400. The second kappa shape index (κ2) is 0.812. The van der Waals surface area contributed by atoms with Crippen molar-refractivity contribution in [3.05, 3.63) is 0 Å². The maximum Gasteiger partial charge on any atom is 0.132 e. The zero-order chi connectivity index (χ0) is 5.45. The van der Waals surface area contributed by atoms with E-state index in [1.165, 1.54) is 0 Å². The van der Waals surface area contributed by atoms with Crippen LogP contribution in [0.25, 0.3) is 0 Å². The zero-order valence-electron chi connectivity index (χ0n) is 3.29. The van der Waals surface area contributed by atoms with Crippen LogP contribution >= 0.6 is 0 Å². The topological polar surface area (TPSA) is 83.6 Å². The molecular weight excluding hydrogens is 106 g/mol. The summed E-state index contributed by atoms with van der Waals surface area (Å²) in [5, 5.41) is 4.26. The van der Waals surface area contributed by atoms with Crippen LogP contribution in [0.1, 0.15) is 0 Å². The summed E-state index contributed by atoms with van der Waals surface area (Å²) in [6.07, 6.45) is 0.650. The van der Waals surface area contributed by atoms with Gasteiger partial charge in [0.05, 0.1) is 0 Å². The fourth-order valence-electron chi connectivity index (χ4n) is 0. The number of nitrogens with two attached hydrogens (primary N) is 1. The van der Waals surface area contributed by atoms with Gasteiger partial charge < -0.3 is 0 Å². The summed E-state index contributed by atoms with van der Waals surface area (Å²) in [4.78, 5) is 0. The number of hydrogen-bond acceptors (Lipinski definition) is 1. The maximum absolute atomic E-state index is 9.68. The molecule has 0 fully saturated rings. The molecule has 0 aromatic heterocycles. The van der Waals surface area contributed by atoms with Gasteiger partial charge in [0.1, 0.15) is 9.81 Å². The van der Waals surface area contributed by atoms with Gasteiger partial charge in [0.25, 0.3) is 0 Å². The standard InChI is InChI=1S/CH7NO3S/c1-6(2,3,4)5/h1H3,(H4,2,3,4,5). The van der Waals surface area contributed by atoms with Gasteiger partial charge in [-0.1, -0.05) is 0 Å². The summed E-state index contributed by atoms with van der Waals surface area (Å²) in [5.41, 5.74) is 0. The second-order valence-electron chi connectivity index (χ2n) is 1.31. The SMILES string of the molecule is CS(N)(=O)(O)O. The van der Waals surface area contributed by atoms with E-state index in [-0.39, 0.29) is 0 Å². The highest BCUT2D eigenvalue weighted by Crippen LogP contribution is 1.93. The molecular formula is CH7NO3S. The van der Waals surface area contributed by atoms with Gasteiger partial charge >= 0.3 is 0 Å². The fourth-order valence-corrected chi connectivity index (χ4v) is 0. The molecule has 0 aliphatic carbocycles. The third-order valence-corrected chi connectivity index (χ3v) is 0. The molecule has 0 aliphatic heterocycles. The third kappa shape index (κ3) is 41100. The Morgan fingerprint density at radius 1 is 1.67 bits per heavy atom. The van der Waals surface area contributed by atoms with Crippen LogP contribution in [0.4, 0.5) is 0 Å². The fraction of sp³-hybridized carbons (Fsp3) is 1.00. The van der Waals surface area contributed by atoms with Gasteiger partial charge in [-0.2, -0.15) is 0 Å². The first kappa shape index (κ1) is 6.03. The lowest BCUT2D eigenvalue weighted by Crippen LogP contribution is -2.39. The van der Waals surface area contributed by atoms with Crippen molar-refractivity contribution in [1.29, 1.82) is 0 Å². The highest BCUT2D eigenvalue weighted by atomic mass is 32.3. The van der Waals surface area contributed by atoms with Crippen LogP contribution in [-0.2, 0) is 9.81 Å². The molecule has 0 atom stereocenters. The molecule has 0 aliphatic rings. The summed E-state index contributed by atoms with van der Waals surface area (Å²) < 4.78 is 25.4. The van der Waals surface area contributed by atoms with Crippen LogP contribution in [0.2, 0.25) is 0 Å². The van der Waals surface area contributed by atoms with E-state index in [1.54, 1.807) is 0 Å². The van der Waals surface area contributed by atoms with E-state index in [2.05, 4.69) is 5.14 Å². The minimum atomic E-state index is -4.60. The first-order valence-electron chi connectivity index (χ1n) is 1.18. The molecule has 0 saturated heterocycles. The molecule has 0 aromatic rings. The Balaban J connectivity index is 4.16. The molecule has 0 rings (SSSR count). The van der Waals surface area contributed by atoms with Gasteiger partial charge in [-0.25, -0.2) is 9.35 Å². The zero-order valence-corrected chi connectivity index (χ0v) is 4.10. The van der Waals surface area contributed by atoms with Crippen molar-refractivity contribution >= 4 is 9.81 Å². The smallest absolute Gasteiger partial charge is 0.132 e. The molecule has 40 valence electrons. The molecule has 0 unspecified atom stereocenters. The molecule has 6 heavy (non-hydrogen) atoms. The van der Waals surface area contributed by atoms with Crippen molar-refractivity contribution in [2.24, 2.45) is 5.14 Å². The molecule has 4 N–H and O–H groups in total. The highest BCUT2D eigenvalue weighted by molar-refractivity contribution is 8.07. The Morgan fingerprint density at radius 2 is 1.67 bits per heavy atom. The molecule has 0 saturated carbocycles. The van der Waals surface area contributed by atoms with Gasteiger partial charge in [-0.3, -0.25) is 9.11 Å². The average molecular weight is 113 g/mol. The summed E-state index contributed by atoms with van der Waals surface area (Å²) >= 11 is 0. The maximum atomic E-state index is 9.68. The highest BCUT2D eigenvalue weighted by Gasteiger charge is 2.10. The molecule has 0 spiro atoms. The lowest BCUT2D eigenvalue weighted by atomic mass is 12.0. The van der Waals surface area contributed by atoms with Crippen molar-refractivity contribution in [3.63, 3.8) is 0 Å². The molecule has 4 nitrogen and oxygen atoms in total. The van der Waals surface area contributed by atoms with Crippen molar-refractivity contribution in [1.82, 2.24) is 0 Å². The van der Waals surface area contributed by atoms with Gasteiger partial charge in [0, 0.05) is 6.26 Å². The summed E-state index contributed by atoms with van der Waals surface area (Å²) in [6, 6.07) is 0. The van der Waals surface area contributed by atoms with E-state index < -0.39 is 9.81 Å². The normalized spacial score (nSPS) is 19.0. The first-order valence-corrected chi connectivity index (χ1v) is 3.53. The quantitative estimate of drug-likeness (QED) is 0.386. The minimum Gasteiger partial charge on any atom is -0.297 e. The summed E-state index contributed by atoms with van der Waals surface area (Å²) in [5.74, 6) is 0. The van der Waals surface area contributed by atoms with Gasteiger partial charge in [0.2, 0.25) is 0 Å². The van der Waals surface area contributed by atoms with Crippen LogP contribution < -0.4 is 5.14 Å². The Kier molecular flexibility index (Phi) is 0.816. The Morgan fingerprint density at radius 3 is 1.67 bits per heavy atom. The van der Waals surface area contributed by atoms with Crippen molar-refractivity contribution in [3.8, 4) is 0 Å². The van der Waals surface area contributed by atoms with E-state index in [9.17, 15) is 4.21 Å². The number of rotatable bonds is 0. The second-order valence-corrected chi connectivity index (χ2v) is 3.92. The predicted molar refractivity (Wildman–Crippen MR) is 23.5 cm³/mol. The van der Waals surface area contributed by atoms with Gasteiger partial charge in [0.15, 0.2) is 0 Å². The summed E-state index contributed by atoms with van der Waals surface area (Å²) in [7, 11) is -4.60. The molecule has 5 heteroatoms. The number of hydrogen-bond donors (Lipinski definition) is 3. The Bertz CT molecular complexity index is 88.5. The predicted octanol–water partition coefficient (Wildman–Crippen LogP) is -0.744. The van der Waals surface area contributed by atoms with E-state index in [0.717, 1.165) is 0 Å². The molecule has 0 amide bonds. The first-order chi connectivity index (χ1) is 2.24. The van der Waals surface area contributed by atoms with Crippen molar-refractivity contribution in [2.75, 3.05) is 6.26 Å². The summed E-state index contributed by atoms with van der Waals surface area (Å²) in [6.45, 7) is 0. The van der Waals surface area contributed by atoms with E-state index >= 15 is 0 Å². The van der Waals surface area contributed by atoms with Crippen LogP contribution in [0.5, 0.6) is 0 Å². The van der Waals surface area contributed by atoms with E-state index in [0.29, 0.717) is 6.26 Å². The average Bonchev–Trinajstić information content (AvgIpc) is 0.650. The van der Waals surface area contributed by atoms with E-state index in [1.807, 2.05) is 0 Å². The minimum absolute atomic E-state index is 0.650. The van der Waals surface area contributed by atoms with Crippen LogP contribution in [0, 0.1) is 0 Å². The Hall–Kier alpha value is 0.0300. The van der Waals surface area contributed by atoms with Gasteiger partial charge in [-0.15, -0.1) is 0 Å². The van der Waals surface area contributed by atoms with E-state index in [4.69, 9.17) is 9.11 Å². The molecule has 0 heterocycles. The third-order valence-electron chi connectivity index (χ3n) is 0. The largest absolute Gasteiger partial charge is 0.297 e. The molecule has 0 radical (unpaired) electrons. The lowest BCUT2D eigenvalue weighted by Gasteiger charge is -2.16. The molecule has 0 bridgehead atoms. The van der Waals surface area contributed by atoms with Crippen LogP contribution in [-0.4, -0.2) is 19.6 Å². The van der Waals surface area contributed by atoms with Gasteiger partial charge in [-0.05, 0) is 0 Å². The van der Waals surface area contributed by atoms with Crippen LogP contribution in [0.3, 0.4) is 0 Å². The Labute approximate surface area is 35.5 Å². The van der Waals surface area contributed by atoms with Crippen molar-refractivity contribution in [2.45, 2.75) is 0 Å². The van der Waals surface area contributed by atoms with Crippen molar-refractivity contribution < 1.29 is 13.3 Å². The molecule has 0 aromatic carbocycles.